The van der Waals surface area contributed by atoms with E-state index in [0.29, 0.717) is 28.6 Å². The van der Waals surface area contributed by atoms with Gasteiger partial charge in [0.15, 0.2) is 0 Å². The largest absolute Gasteiger partial charge is 0.300 e. The second kappa shape index (κ2) is 12.7. The molecular formula is C30H32ClFN4O2S2. The van der Waals surface area contributed by atoms with Gasteiger partial charge >= 0.3 is 0 Å². The topological polar surface area (TPSA) is 84.3 Å². The van der Waals surface area contributed by atoms with Gasteiger partial charge in [0.25, 0.3) is 0 Å². The SMILES string of the molecule is CCCC(CCC)(N=O)c1ccc(-c2ccc(C(c3cccc(F)c3)C(C)(C)C(=O)Nc3nncs3)s2)cc1Cl. The van der Waals surface area contributed by atoms with Gasteiger partial charge in [-0.1, -0.05) is 92.9 Å². The van der Waals surface area contributed by atoms with Crippen LogP contribution in [0.2, 0.25) is 5.02 Å². The first-order valence-electron chi connectivity index (χ1n) is 13.2. The van der Waals surface area contributed by atoms with Crippen molar-refractivity contribution in [3.05, 3.63) is 91.9 Å². The zero-order valence-electron chi connectivity index (χ0n) is 22.9. The second-order valence-corrected chi connectivity index (χ2v) is 12.8. The van der Waals surface area contributed by atoms with E-state index in [0.717, 1.165) is 33.7 Å². The van der Waals surface area contributed by atoms with Crippen LogP contribution in [0.3, 0.4) is 0 Å². The third-order valence-electron chi connectivity index (χ3n) is 7.24. The highest BCUT2D eigenvalue weighted by atomic mass is 35.5. The molecule has 0 radical (unpaired) electrons. The maximum Gasteiger partial charge on any atom is 0.232 e. The summed E-state index contributed by atoms with van der Waals surface area (Å²) in [5.74, 6) is -1.05. The smallest absolute Gasteiger partial charge is 0.232 e. The Bertz CT molecular complexity index is 1470. The fourth-order valence-corrected chi connectivity index (χ4v) is 7.43. The molecule has 1 atom stereocenters. The highest BCUT2D eigenvalue weighted by Crippen LogP contribution is 2.47. The molecule has 2 aromatic heterocycles. The van der Waals surface area contributed by atoms with Crippen LogP contribution >= 0.6 is 34.3 Å². The Labute approximate surface area is 247 Å². The number of hydrogen-bond donors (Lipinski definition) is 1. The van der Waals surface area contributed by atoms with Crippen LogP contribution in [0, 0.1) is 16.1 Å². The van der Waals surface area contributed by atoms with Crippen molar-refractivity contribution in [2.45, 2.75) is 64.8 Å². The third kappa shape index (κ3) is 6.16. The Morgan fingerprint density at radius 3 is 2.45 bits per heavy atom. The average molecular weight is 599 g/mol. The summed E-state index contributed by atoms with van der Waals surface area (Å²) in [5.41, 5.74) is 2.09. The van der Waals surface area contributed by atoms with Crippen molar-refractivity contribution in [3.8, 4) is 10.4 Å². The maximum absolute atomic E-state index is 14.4. The summed E-state index contributed by atoms with van der Waals surface area (Å²) in [5, 5.41) is 15.1. The molecule has 4 rings (SSSR count). The summed E-state index contributed by atoms with van der Waals surface area (Å²) in [6.45, 7) is 7.76. The normalized spacial score (nSPS) is 12.8. The summed E-state index contributed by atoms with van der Waals surface area (Å²) < 4.78 is 14.4. The van der Waals surface area contributed by atoms with E-state index < -0.39 is 16.9 Å². The zero-order valence-corrected chi connectivity index (χ0v) is 25.3. The molecule has 0 saturated heterocycles. The fraction of sp³-hybridized carbons (Fsp3) is 0.367. The van der Waals surface area contributed by atoms with Crippen LogP contribution < -0.4 is 5.32 Å². The minimum Gasteiger partial charge on any atom is -0.300 e. The summed E-state index contributed by atoms with van der Waals surface area (Å²) >= 11 is 9.54. The predicted octanol–water partition coefficient (Wildman–Crippen LogP) is 9.42. The lowest BCUT2D eigenvalue weighted by molar-refractivity contribution is -0.124. The van der Waals surface area contributed by atoms with Crippen LogP contribution in [-0.2, 0) is 10.3 Å². The highest BCUT2D eigenvalue weighted by molar-refractivity contribution is 7.15. The van der Waals surface area contributed by atoms with Gasteiger partial charge in [0.2, 0.25) is 11.0 Å². The van der Waals surface area contributed by atoms with Crippen molar-refractivity contribution in [3.63, 3.8) is 0 Å². The Morgan fingerprint density at radius 1 is 1.10 bits per heavy atom. The van der Waals surface area contributed by atoms with Crippen LogP contribution in [0.1, 0.15) is 75.3 Å². The van der Waals surface area contributed by atoms with Crippen LogP contribution in [0.5, 0.6) is 0 Å². The lowest BCUT2D eigenvalue weighted by atomic mass is 9.73. The summed E-state index contributed by atoms with van der Waals surface area (Å²) in [7, 11) is 0. The quantitative estimate of drug-likeness (QED) is 0.165. The van der Waals surface area contributed by atoms with E-state index in [1.807, 2.05) is 64.1 Å². The van der Waals surface area contributed by atoms with Crippen LogP contribution in [0.15, 0.2) is 65.3 Å². The Kier molecular flexibility index (Phi) is 9.48. The van der Waals surface area contributed by atoms with Gasteiger partial charge in [0, 0.05) is 26.3 Å². The number of amides is 1. The number of nitrogens with one attached hydrogen (secondary N) is 1. The molecule has 1 unspecified atom stereocenters. The van der Waals surface area contributed by atoms with Crippen molar-refractivity contribution < 1.29 is 9.18 Å². The molecule has 6 nitrogen and oxygen atoms in total. The molecule has 0 bridgehead atoms. The fourth-order valence-electron chi connectivity index (χ4n) is 5.31. The summed E-state index contributed by atoms with van der Waals surface area (Å²) in [4.78, 5) is 27.4. The molecule has 0 aliphatic rings. The lowest BCUT2D eigenvalue weighted by Gasteiger charge is -2.32. The van der Waals surface area contributed by atoms with E-state index in [1.54, 1.807) is 11.6 Å². The molecule has 10 heteroatoms. The van der Waals surface area contributed by atoms with E-state index in [9.17, 15) is 14.1 Å². The van der Waals surface area contributed by atoms with Crippen molar-refractivity contribution >= 4 is 45.3 Å². The molecule has 0 aliphatic carbocycles. The highest BCUT2D eigenvalue weighted by Gasteiger charge is 2.40. The third-order valence-corrected chi connectivity index (χ3v) is 9.36. The molecule has 0 fully saturated rings. The molecule has 210 valence electrons. The number of hydrogen-bond acceptors (Lipinski definition) is 7. The van der Waals surface area contributed by atoms with E-state index in [-0.39, 0.29) is 11.7 Å². The van der Waals surface area contributed by atoms with E-state index in [2.05, 4.69) is 20.7 Å². The Balaban J connectivity index is 1.73. The summed E-state index contributed by atoms with van der Waals surface area (Å²) in [6, 6.07) is 16.1. The number of rotatable bonds is 12. The molecular weight excluding hydrogens is 567 g/mol. The van der Waals surface area contributed by atoms with Gasteiger partial charge < -0.3 is 5.32 Å². The minimum absolute atomic E-state index is 0.245. The Hall–Kier alpha value is -3.01. The van der Waals surface area contributed by atoms with Crippen LogP contribution in [0.4, 0.5) is 9.52 Å². The molecule has 0 saturated carbocycles. The number of halogens is 2. The number of anilines is 1. The van der Waals surface area contributed by atoms with E-state index >= 15 is 0 Å². The van der Waals surface area contributed by atoms with Crippen molar-refractivity contribution in [1.82, 2.24) is 10.2 Å². The van der Waals surface area contributed by atoms with Gasteiger partial charge in [-0.2, -0.15) is 0 Å². The van der Waals surface area contributed by atoms with Gasteiger partial charge in [0.1, 0.15) is 16.9 Å². The van der Waals surface area contributed by atoms with Gasteiger partial charge in [-0.15, -0.1) is 26.4 Å². The lowest BCUT2D eigenvalue weighted by Crippen LogP contribution is -2.36. The number of carbonyl (C=O) groups is 1. The number of aromatic nitrogens is 2. The van der Waals surface area contributed by atoms with E-state index in [4.69, 9.17) is 11.6 Å². The first-order valence-corrected chi connectivity index (χ1v) is 15.3. The molecule has 0 aliphatic heterocycles. The minimum atomic E-state index is -0.960. The van der Waals surface area contributed by atoms with Crippen LogP contribution in [0.25, 0.3) is 10.4 Å². The number of thiophene rings is 1. The molecule has 0 spiro atoms. The molecule has 4 aromatic rings. The van der Waals surface area contributed by atoms with Gasteiger partial charge in [-0.25, -0.2) is 4.39 Å². The first kappa shape index (κ1) is 30.0. The molecule has 1 amide bonds. The van der Waals surface area contributed by atoms with Gasteiger partial charge in [0.05, 0.1) is 5.41 Å². The van der Waals surface area contributed by atoms with E-state index in [1.165, 1.54) is 34.8 Å². The number of benzene rings is 2. The maximum atomic E-state index is 14.4. The van der Waals surface area contributed by atoms with Crippen molar-refractivity contribution in [2.24, 2.45) is 10.6 Å². The zero-order chi connectivity index (χ0) is 28.9. The molecule has 1 N–H and O–H groups in total. The predicted molar refractivity (Wildman–Crippen MR) is 163 cm³/mol. The number of nitroso groups, excluding NO2 is 1. The van der Waals surface area contributed by atoms with Gasteiger partial charge in [-0.05, 0) is 54.3 Å². The second-order valence-electron chi connectivity index (χ2n) is 10.4. The van der Waals surface area contributed by atoms with Crippen molar-refractivity contribution in [1.29, 1.82) is 0 Å². The molecule has 2 aromatic carbocycles. The standard InChI is InChI=1S/C30H32ClFN4O2S2/c1-5-14-30(36-38,15-6-2)22-11-10-19(17-23(22)31)24-12-13-25(40-24)26(20-8-7-9-21(32)16-20)29(3,4)27(37)34-28-35-33-18-39-28/h7-13,16-18,26H,5-6,14-15H2,1-4H3,(H,34,35,37). The molecule has 40 heavy (non-hydrogen) atoms. The summed E-state index contributed by atoms with van der Waals surface area (Å²) in [6.07, 6.45) is 2.91. The van der Waals surface area contributed by atoms with Crippen LogP contribution in [-0.4, -0.2) is 16.1 Å². The van der Waals surface area contributed by atoms with Gasteiger partial charge in [-0.3, -0.25) is 4.79 Å². The average Bonchev–Trinajstić information content (AvgIpc) is 3.61. The monoisotopic (exact) mass is 598 g/mol. The number of carbonyl (C=O) groups excluding carboxylic acids is 1. The molecule has 2 heterocycles. The van der Waals surface area contributed by atoms with Crippen molar-refractivity contribution in [2.75, 3.05) is 5.32 Å². The Morgan fingerprint density at radius 2 is 1.85 bits per heavy atom. The first-order chi connectivity index (χ1) is 19.1. The number of nitrogens with zero attached hydrogens (tertiary/aromatic N) is 3.